The van der Waals surface area contributed by atoms with Crippen molar-refractivity contribution < 1.29 is 4.39 Å². The molecule has 1 aliphatic heterocycles. The summed E-state index contributed by atoms with van der Waals surface area (Å²) in [5.41, 5.74) is 2.14. The number of rotatable bonds is 1. The van der Waals surface area contributed by atoms with Gasteiger partial charge in [-0.3, -0.25) is 0 Å². The second-order valence-corrected chi connectivity index (χ2v) is 5.66. The molecular weight excluding hydrogens is 259 g/mol. The van der Waals surface area contributed by atoms with Crippen LogP contribution in [0.3, 0.4) is 0 Å². The maximum atomic E-state index is 13.7. The zero-order valence-electron chi connectivity index (χ0n) is 10.6. The van der Waals surface area contributed by atoms with Gasteiger partial charge in [0, 0.05) is 11.4 Å². The number of nitrogens with zero attached hydrogens (tertiary/aromatic N) is 2. The number of hydrogen-bond donors (Lipinski definition) is 0. The standard InChI is InChI=1S/C15H13FN2S/c1-10-11-6-8-19-15(11)5-7-18(10)14-4-2-3-13(16)12(14)9-17/h2-4,6,8,10H,5,7H2,1H3. The van der Waals surface area contributed by atoms with E-state index in [1.54, 1.807) is 17.4 Å². The monoisotopic (exact) mass is 272 g/mol. The van der Waals surface area contributed by atoms with Crippen LogP contribution in [0, 0.1) is 17.1 Å². The Morgan fingerprint density at radius 3 is 3.05 bits per heavy atom. The molecule has 0 radical (unpaired) electrons. The summed E-state index contributed by atoms with van der Waals surface area (Å²) in [5, 5.41) is 11.3. The van der Waals surface area contributed by atoms with E-state index in [1.165, 1.54) is 16.5 Å². The van der Waals surface area contributed by atoms with Gasteiger partial charge in [-0.25, -0.2) is 4.39 Å². The highest BCUT2D eigenvalue weighted by molar-refractivity contribution is 7.10. The maximum absolute atomic E-state index is 13.7. The van der Waals surface area contributed by atoms with E-state index >= 15 is 0 Å². The van der Waals surface area contributed by atoms with E-state index in [9.17, 15) is 4.39 Å². The molecule has 4 heteroatoms. The Labute approximate surface area is 115 Å². The highest BCUT2D eigenvalue weighted by Gasteiger charge is 2.27. The molecule has 0 fully saturated rings. The molecule has 0 spiro atoms. The summed E-state index contributed by atoms with van der Waals surface area (Å²) < 4.78 is 13.7. The van der Waals surface area contributed by atoms with E-state index in [1.807, 2.05) is 12.1 Å². The highest BCUT2D eigenvalue weighted by atomic mass is 32.1. The summed E-state index contributed by atoms with van der Waals surface area (Å²) in [7, 11) is 0. The van der Waals surface area contributed by atoms with Crippen molar-refractivity contribution in [3.05, 3.63) is 51.5 Å². The SMILES string of the molecule is CC1c2ccsc2CCN1c1cccc(F)c1C#N. The fraction of sp³-hybridized carbons (Fsp3) is 0.267. The van der Waals surface area contributed by atoms with E-state index in [4.69, 9.17) is 5.26 Å². The number of benzene rings is 1. The average molecular weight is 272 g/mol. The van der Waals surface area contributed by atoms with E-state index in [-0.39, 0.29) is 11.6 Å². The Morgan fingerprint density at radius 1 is 1.42 bits per heavy atom. The van der Waals surface area contributed by atoms with E-state index in [0.717, 1.165) is 13.0 Å². The third kappa shape index (κ3) is 1.91. The molecule has 2 heterocycles. The summed E-state index contributed by atoms with van der Waals surface area (Å²) in [6, 6.07) is 9.13. The molecule has 1 aromatic carbocycles. The fourth-order valence-corrected chi connectivity index (χ4v) is 3.66. The van der Waals surface area contributed by atoms with E-state index in [2.05, 4.69) is 23.3 Å². The first kappa shape index (κ1) is 12.2. The van der Waals surface area contributed by atoms with Gasteiger partial charge in [0.05, 0.1) is 11.7 Å². The second kappa shape index (κ2) is 4.67. The van der Waals surface area contributed by atoms with Crippen LogP contribution in [0.15, 0.2) is 29.6 Å². The molecule has 19 heavy (non-hydrogen) atoms. The van der Waals surface area contributed by atoms with Gasteiger partial charge in [-0.2, -0.15) is 5.26 Å². The number of thiophene rings is 1. The summed E-state index contributed by atoms with van der Waals surface area (Å²) in [5.74, 6) is -0.441. The Hall–Kier alpha value is -1.86. The summed E-state index contributed by atoms with van der Waals surface area (Å²) >= 11 is 1.77. The van der Waals surface area contributed by atoms with Crippen LogP contribution in [0.25, 0.3) is 0 Å². The molecule has 96 valence electrons. The van der Waals surface area contributed by atoms with Crippen LogP contribution < -0.4 is 4.90 Å². The van der Waals surface area contributed by atoms with Crippen LogP contribution in [-0.4, -0.2) is 6.54 Å². The predicted molar refractivity (Wildman–Crippen MR) is 74.9 cm³/mol. The number of hydrogen-bond acceptors (Lipinski definition) is 3. The lowest BCUT2D eigenvalue weighted by Crippen LogP contribution is -2.33. The van der Waals surface area contributed by atoms with E-state index in [0.29, 0.717) is 5.69 Å². The number of anilines is 1. The Kier molecular flexibility index (Phi) is 3.00. The van der Waals surface area contributed by atoms with Crippen LogP contribution in [-0.2, 0) is 6.42 Å². The lowest BCUT2D eigenvalue weighted by Gasteiger charge is -2.36. The van der Waals surface area contributed by atoms with Gasteiger partial charge in [-0.15, -0.1) is 11.3 Å². The molecule has 2 aromatic rings. The molecule has 1 atom stereocenters. The van der Waals surface area contributed by atoms with E-state index < -0.39 is 5.82 Å². The topological polar surface area (TPSA) is 27.0 Å². The van der Waals surface area contributed by atoms with Crippen molar-refractivity contribution >= 4 is 17.0 Å². The molecule has 1 unspecified atom stereocenters. The molecule has 0 saturated heterocycles. The summed E-state index contributed by atoms with van der Waals surface area (Å²) in [6.07, 6.45) is 0.957. The van der Waals surface area contributed by atoms with Crippen molar-refractivity contribution in [1.82, 2.24) is 0 Å². The first-order valence-corrected chi connectivity index (χ1v) is 7.12. The molecule has 0 bridgehead atoms. The Balaban J connectivity index is 2.06. The van der Waals surface area contributed by atoms with Gasteiger partial charge < -0.3 is 4.90 Å². The highest BCUT2D eigenvalue weighted by Crippen LogP contribution is 2.37. The van der Waals surface area contributed by atoms with Crippen LogP contribution in [0.2, 0.25) is 0 Å². The van der Waals surface area contributed by atoms with Crippen molar-refractivity contribution in [2.45, 2.75) is 19.4 Å². The summed E-state index contributed by atoms with van der Waals surface area (Å²) in [4.78, 5) is 3.52. The molecule has 1 aliphatic rings. The lowest BCUT2D eigenvalue weighted by molar-refractivity contribution is 0.608. The largest absolute Gasteiger partial charge is 0.363 e. The molecule has 0 N–H and O–H groups in total. The minimum Gasteiger partial charge on any atom is -0.363 e. The van der Waals surface area contributed by atoms with Crippen molar-refractivity contribution in [1.29, 1.82) is 5.26 Å². The zero-order chi connectivity index (χ0) is 13.4. The first-order valence-electron chi connectivity index (χ1n) is 6.24. The van der Waals surface area contributed by atoms with Crippen LogP contribution >= 0.6 is 11.3 Å². The smallest absolute Gasteiger partial charge is 0.143 e. The number of halogens is 1. The second-order valence-electron chi connectivity index (χ2n) is 4.66. The molecule has 0 amide bonds. The van der Waals surface area contributed by atoms with Crippen LogP contribution in [0.4, 0.5) is 10.1 Å². The third-order valence-corrected chi connectivity index (χ3v) is 4.69. The predicted octanol–water partition coefficient (Wildman–Crippen LogP) is 3.88. The number of fused-ring (bicyclic) bond motifs is 1. The lowest BCUT2D eigenvalue weighted by atomic mass is 9.99. The van der Waals surface area contributed by atoms with Crippen molar-refractivity contribution in [3.8, 4) is 6.07 Å². The molecule has 2 nitrogen and oxygen atoms in total. The molecule has 0 aliphatic carbocycles. The van der Waals surface area contributed by atoms with Crippen molar-refractivity contribution in [2.75, 3.05) is 11.4 Å². The van der Waals surface area contributed by atoms with Crippen LogP contribution in [0.5, 0.6) is 0 Å². The van der Waals surface area contributed by atoms with Crippen LogP contribution in [0.1, 0.15) is 29.0 Å². The minimum atomic E-state index is -0.441. The number of nitriles is 1. The van der Waals surface area contributed by atoms with Gasteiger partial charge in [0.25, 0.3) is 0 Å². The molecule has 3 rings (SSSR count). The average Bonchev–Trinajstić information content (AvgIpc) is 2.88. The minimum absolute atomic E-state index is 0.146. The van der Waals surface area contributed by atoms with Gasteiger partial charge in [0.1, 0.15) is 17.4 Å². The van der Waals surface area contributed by atoms with Crippen molar-refractivity contribution in [2.24, 2.45) is 0 Å². The van der Waals surface area contributed by atoms with Crippen molar-refractivity contribution in [3.63, 3.8) is 0 Å². The normalized spacial score (nSPS) is 17.9. The third-order valence-electron chi connectivity index (χ3n) is 3.69. The van der Waals surface area contributed by atoms with Gasteiger partial charge in [-0.1, -0.05) is 6.07 Å². The molecule has 1 aromatic heterocycles. The quantitative estimate of drug-likeness (QED) is 0.787. The summed E-state index contributed by atoms with van der Waals surface area (Å²) in [6.45, 7) is 2.93. The molecular formula is C15H13FN2S. The Morgan fingerprint density at radius 2 is 2.26 bits per heavy atom. The maximum Gasteiger partial charge on any atom is 0.143 e. The molecule has 0 saturated carbocycles. The first-order chi connectivity index (χ1) is 9.22. The van der Waals surface area contributed by atoms with Gasteiger partial charge >= 0.3 is 0 Å². The van der Waals surface area contributed by atoms with Gasteiger partial charge in [-0.05, 0) is 42.5 Å². The van der Waals surface area contributed by atoms with Gasteiger partial charge in [0.15, 0.2) is 0 Å². The fourth-order valence-electron chi connectivity index (χ4n) is 2.70. The zero-order valence-corrected chi connectivity index (χ0v) is 11.4. The Bertz CT molecular complexity index is 656. The van der Waals surface area contributed by atoms with Gasteiger partial charge in [0.2, 0.25) is 0 Å².